The third kappa shape index (κ3) is 3.96. The Morgan fingerprint density at radius 1 is 1.25 bits per heavy atom. The number of nitrogens with zero attached hydrogens (tertiary/aromatic N) is 2. The molecule has 144 valence electrons. The third-order valence-electron chi connectivity index (χ3n) is 3.90. The highest BCUT2D eigenvalue weighted by Gasteiger charge is 2.16. The van der Waals surface area contributed by atoms with Crippen molar-refractivity contribution in [3.8, 4) is 5.75 Å². The maximum Gasteiger partial charge on any atom is 0.349 e. The summed E-state index contributed by atoms with van der Waals surface area (Å²) in [4.78, 5) is 38.9. The molecule has 0 aliphatic rings. The summed E-state index contributed by atoms with van der Waals surface area (Å²) < 4.78 is 10.9. The quantitative estimate of drug-likeness (QED) is 0.521. The number of H-pyrrole nitrogens is 1. The highest BCUT2D eigenvalue weighted by atomic mass is 35.5. The molecule has 0 bridgehead atoms. The molecule has 3 aromatic rings. The maximum absolute atomic E-state index is 12.5. The van der Waals surface area contributed by atoms with E-state index in [-0.39, 0.29) is 5.75 Å². The topological polar surface area (TPSA) is 103 Å². The van der Waals surface area contributed by atoms with Crippen LogP contribution in [-0.2, 0) is 9.53 Å². The van der Waals surface area contributed by atoms with Crippen LogP contribution >= 0.6 is 11.6 Å². The fraction of sp³-hybridized carbons (Fsp3) is 0.158. The standard InChI is InChI=1S/C19H16ClN3O5/c1-11(18(25)27-2)28-16-8-7-13(20)9-12(16)10-21-23-17(24)14-5-3-4-6-15(14)22-19(23)26/h3-11H,1-2H3,(H,22,26). The molecule has 0 saturated heterocycles. The number of carbonyl (C=O) groups is 1. The SMILES string of the molecule is COC(=O)C(C)Oc1ccc(Cl)cc1C=Nn1c(=O)[nH]c2ccccc2c1=O. The molecule has 2 aromatic carbocycles. The third-order valence-corrected chi connectivity index (χ3v) is 4.14. The Balaban J connectivity index is 2.02. The molecule has 0 fully saturated rings. The van der Waals surface area contributed by atoms with Gasteiger partial charge in [-0.1, -0.05) is 23.7 Å². The molecule has 0 saturated carbocycles. The van der Waals surface area contributed by atoms with Crippen molar-refractivity contribution in [2.75, 3.05) is 7.11 Å². The Morgan fingerprint density at radius 3 is 2.75 bits per heavy atom. The zero-order valence-corrected chi connectivity index (χ0v) is 15.8. The molecule has 0 radical (unpaired) electrons. The first-order chi connectivity index (χ1) is 13.4. The molecule has 28 heavy (non-hydrogen) atoms. The second-order valence-electron chi connectivity index (χ2n) is 5.80. The van der Waals surface area contributed by atoms with Crippen molar-refractivity contribution < 1.29 is 14.3 Å². The summed E-state index contributed by atoms with van der Waals surface area (Å²) in [6.07, 6.45) is 0.390. The molecule has 0 amide bonds. The molecule has 0 aliphatic carbocycles. The van der Waals surface area contributed by atoms with E-state index in [9.17, 15) is 14.4 Å². The van der Waals surface area contributed by atoms with Crippen molar-refractivity contribution in [1.29, 1.82) is 0 Å². The van der Waals surface area contributed by atoms with Crippen LogP contribution in [0.5, 0.6) is 5.75 Å². The second-order valence-corrected chi connectivity index (χ2v) is 6.24. The van der Waals surface area contributed by atoms with E-state index < -0.39 is 23.3 Å². The van der Waals surface area contributed by atoms with Gasteiger partial charge >= 0.3 is 11.7 Å². The predicted octanol–water partition coefficient (Wildman–Crippen LogP) is 2.17. The fourth-order valence-corrected chi connectivity index (χ4v) is 2.69. The number of carbonyl (C=O) groups excluding carboxylic acids is 1. The molecule has 0 aliphatic heterocycles. The van der Waals surface area contributed by atoms with Gasteiger partial charge in [0, 0.05) is 10.6 Å². The lowest BCUT2D eigenvalue weighted by Gasteiger charge is -2.14. The Bertz CT molecular complexity index is 1180. The monoisotopic (exact) mass is 401 g/mol. The summed E-state index contributed by atoms with van der Waals surface area (Å²) in [6.45, 7) is 1.53. The molecule has 9 heteroatoms. The number of fused-ring (bicyclic) bond motifs is 1. The molecular formula is C19H16ClN3O5. The molecule has 1 atom stereocenters. The highest BCUT2D eigenvalue weighted by Crippen LogP contribution is 2.22. The van der Waals surface area contributed by atoms with Crippen molar-refractivity contribution >= 4 is 34.7 Å². The number of aromatic nitrogens is 2. The van der Waals surface area contributed by atoms with Crippen molar-refractivity contribution in [2.24, 2.45) is 5.10 Å². The Hall–Kier alpha value is -3.39. The minimum Gasteiger partial charge on any atom is -0.478 e. The summed E-state index contributed by atoms with van der Waals surface area (Å²) in [5.41, 5.74) is -0.458. The smallest absolute Gasteiger partial charge is 0.349 e. The van der Waals surface area contributed by atoms with Crippen LogP contribution in [0.15, 0.2) is 57.2 Å². The van der Waals surface area contributed by atoms with Gasteiger partial charge in [0.2, 0.25) is 0 Å². The second kappa shape index (κ2) is 8.10. The molecule has 1 heterocycles. The lowest BCUT2D eigenvalue weighted by Crippen LogP contribution is -2.32. The lowest BCUT2D eigenvalue weighted by molar-refractivity contribution is -0.147. The van der Waals surface area contributed by atoms with Crippen LogP contribution < -0.4 is 16.0 Å². The van der Waals surface area contributed by atoms with E-state index in [1.165, 1.54) is 26.3 Å². The number of rotatable bonds is 5. The summed E-state index contributed by atoms with van der Waals surface area (Å²) in [6, 6.07) is 11.3. The van der Waals surface area contributed by atoms with Crippen LogP contribution in [0.1, 0.15) is 12.5 Å². The first-order valence-corrected chi connectivity index (χ1v) is 8.61. The van der Waals surface area contributed by atoms with Crippen LogP contribution in [0.3, 0.4) is 0 Å². The van der Waals surface area contributed by atoms with Gasteiger partial charge in [0.15, 0.2) is 6.10 Å². The molecule has 1 aromatic heterocycles. The Labute approximate surface area is 164 Å². The first kappa shape index (κ1) is 19.4. The van der Waals surface area contributed by atoms with Crippen LogP contribution in [0, 0.1) is 0 Å². The Morgan fingerprint density at radius 2 is 2.00 bits per heavy atom. The number of hydrogen-bond donors (Lipinski definition) is 1. The van der Waals surface area contributed by atoms with Crippen LogP contribution in [0.2, 0.25) is 5.02 Å². The van der Waals surface area contributed by atoms with E-state index in [2.05, 4.69) is 14.8 Å². The van der Waals surface area contributed by atoms with Gasteiger partial charge in [0.05, 0.1) is 24.2 Å². The number of benzene rings is 2. The number of hydrogen-bond acceptors (Lipinski definition) is 6. The summed E-state index contributed by atoms with van der Waals surface area (Å²) >= 11 is 6.02. The van der Waals surface area contributed by atoms with Gasteiger partial charge in [-0.05, 0) is 37.3 Å². The van der Waals surface area contributed by atoms with E-state index in [1.54, 1.807) is 36.4 Å². The normalized spacial score (nSPS) is 12.2. The number of nitrogens with one attached hydrogen (secondary N) is 1. The summed E-state index contributed by atoms with van der Waals surface area (Å²) in [5, 5.41) is 4.69. The van der Waals surface area contributed by atoms with Gasteiger partial charge in [-0.25, -0.2) is 9.59 Å². The zero-order valence-electron chi connectivity index (χ0n) is 15.0. The molecular weight excluding hydrogens is 386 g/mol. The minimum atomic E-state index is -0.870. The number of methoxy groups -OCH3 is 1. The number of halogens is 1. The average molecular weight is 402 g/mol. The number of aromatic amines is 1. The van der Waals surface area contributed by atoms with E-state index >= 15 is 0 Å². The zero-order chi connectivity index (χ0) is 20.3. The van der Waals surface area contributed by atoms with E-state index in [0.717, 1.165) is 0 Å². The largest absolute Gasteiger partial charge is 0.478 e. The molecule has 1 N–H and O–H groups in total. The van der Waals surface area contributed by atoms with Gasteiger partial charge in [0.1, 0.15) is 5.75 Å². The number of esters is 1. The Kier molecular flexibility index (Phi) is 5.60. The molecule has 1 unspecified atom stereocenters. The van der Waals surface area contributed by atoms with Gasteiger partial charge in [-0.3, -0.25) is 4.79 Å². The number of para-hydroxylation sites is 1. The molecule has 3 rings (SSSR count). The minimum absolute atomic E-state index is 0.288. The van der Waals surface area contributed by atoms with Gasteiger partial charge in [-0.15, -0.1) is 4.68 Å². The summed E-state index contributed by atoms with van der Waals surface area (Å²) in [7, 11) is 1.25. The predicted molar refractivity (Wildman–Crippen MR) is 105 cm³/mol. The van der Waals surface area contributed by atoms with Crippen LogP contribution in [0.25, 0.3) is 10.9 Å². The lowest BCUT2D eigenvalue weighted by atomic mass is 10.2. The summed E-state index contributed by atoms with van der Waals surface area (Å²) in [5.74, 6) is -0.267. The van der Waals surface area contributed by atoms with Crippen molar-refractivity contribution in [2.45, 2.75) is 13.0 Å². The van der Waals surface area contributed by atoms with E-state index in [4.69, 9.17) is 16.3 Å². The van der Waals surface area contributed by atoms with Gasteiger partial charge in [0.25, 0.3) is 5.56 Å². The maximum atomic E-state index is 12.5. The highest BCUT2D eigenvalue weighted by molar-refractivity contribution is 6.30. The van der Waals surface area contributed by atoms with Crippen LogP contribution in [0.4, 0.5) is 0 Å². The van der Waals surface area contributed by atoms with Crippen molar-refractivity contribution in [3.63, 3.8) is 0 Å². The van der Waals surface area contributed by atoms with E-state index in [1.807, 2.05) is 0 Å². The average Bonchev–Trinajstić information content (AvgIpc) is 2.68. The van der Waals surface area contributed by atoms with Crippen molar-refractivity contribution in [3.05, 3.63) is 73.9 Å². The fourth-order valence-electron chi connectivity index (χ4n) is 2.51. The van der Waals surface area contributed by atoms with Gasteiger partial charge in [-0.2, -0.15) is 5.10 Å². The van der Waals surface area contributed by atoms with Crippen molar-refractivity contribution in [1.82, 2.24) is 9.66 Å². The molecule has 8 nitrogen and oxygen atoms in total. The van der Waals surface area contributed by atoms with Crippen LogP contribution in [-0.4, -0.2) is 35.1 Å². The number of ether oxygens (including phenoxy) is 2. The van der Waals surface area contributed by atoms with E-state index in [0.29, 0.717) is 26.2 Å². The van der Waals surface area contributed by atoms with Gasteiger partial charge < -0.3 is 14.5 Å². The first-order valence-electron chi connectivity index (χ1n) is 8.23. The molecule has 0 spiro atoms.